The molecule has 3 nitrogen and oxygen atoms in total. The van der Waals surface area contributed by atoms with Gasteiger partial charge in [-0.25, -0.2) is 13.2 Å². The maximum absolute atomic E-state index is 13.1. The summed E-state index contributed by atoms with van der Waals surface area (Å²) < 4.78 is 39.2. The summed E-state index contributed by atoms with van der Waals surface area (Å²) in [6, 6.07) is 0.210. The quantitative estimate of drug-likeness (QED) is 0.786. The lowest BCUT2D eigenvalue weighted by molar-refractivity contribution is -0.0716. The molecule has 98 valence electrons. The zero-order valence-electron chi connectivity index (χ0n) is 8.95. The van der Waals surface area contributed by atoms with Crippen molar-refractivity contribution in [3.05, 3.63) is 29.1 Å². The Morgan fingerprint density at radius 2 is 1.94 bits per heavy atom. The van der Waals surface area contributed by atoms with E-state index in [2.05, 4.69) is 0 Å². The second-order valence-electron chi connectivity index (χ2n) is 3.58. The molecule has 0 amide bonds. The van der Waals surface area contributed by atoms with Crippen molar-refractivity contribution >= 4 is 12.4 Å². The summed E-state index contributed by atoms with van der Waals surface area (Å²) >= 11 is 0. The molecular weight excluding hydrogens is 259 g/mol. The van der Waals surface area contributed by atoms with Crippen molar-refractivity contribution in [1.82, 2.24) is 0 Å². The molecule has 0 saturated heterocycles. The van der Waals surface area contributed by atoms with Crippen LogP contribution in [-0.2, 0) is 0 Å². The van der Waals surface area contributed by atoms with Gasteiger partial charge in [-0.2, -0.15) is 0 Å². The van der Waals surface area contributed by atoms with Gasteiger partial charge in [0, 0.05) is 5.56 Å². The van der Waals surface area contributed by atoms with E-state index in [1.165, 1.54) is 6.92 Å². The van der Waals surface area contributed by atoms with Crippen LogP contribution >= 0.6 is 12.4 Å². The predicted octanol–water partition coefficient (Wildman–Crippen LogP) is 1.89. The third-order valence-electron chi connectivity index (χ3n) is 2.24. The van der Waals surface area contributed by atoms with E-state index in [0.29, 0.717) is 5.56 Å². The molecule has 0 aliphatic carbocycles. The second kappa shape index (κ2) is 5.57. The Kier molecular flexibility index (Phi) is 5.25. The van der Waals surface area contributed by atoms with Crippen molar-refractivity contribution in [2.24, 2.45) is 5.73 Å². The number of hydrogen-bond donors (Lipinski definition) is 3. The van der Waals surface area contributed by atoms with Crippen LogP contribution in [0.2, 0.25) is 0 Å². The highest BCUT2D eigenvalue weighted by atomic mass is 35.5. The lowest BCUT2D eigenvalue weighted by Gasteiger charge is -2.22. The average Bonchev–Trinajstić information content (AvgIpc) is 2.22. The van der Waals surface area contributed by atoms with Crippen LogP contribution in [0.15, 0.2) is 12.1 Å². The number of aliphatic hydroxyl groups is 1. The zero-order valence-corrected chi connectivity index (χ0v) is 9.77. The van der Waals surface area contributed by atoms with Crippen molar-refractivity contribution < 1.29 is 23.4 Å². The van der Waals surface area contributed by atoms with Gasteiger partial charge >= 0.3 is 0 Å². The summed E-state index contributed by atoms with van der Waals surface area (Å²) in [5, 5.41) is 17.7. The third-order valence-corrected chi connectivity index (χ3v) is 2.24. The molecule has 0 fully saturated rings. The van der Waals surface area contributed by atoms with Crippen LogP contribution in [0.1, 0.15) is 17.2 Å². The van der Waals surface area contributed by atoms with Gasteiger partial charge in [0.2, 0.25) is 0 Å². The minimum atomic E-state index is -3.61. The maximum atomic E-state index is 13.1. The molecule has 0 saturated carbocycles. The summed E-state index contributed by atoms with van der Waals surface area (Å²) in [5.41, 5.74) is 5.12. The SMILES string of the molecule is Cc1cc(F)c(O)c([C@H](N)C(F)(F)CO)c1.Cl. The summed E-state index contributed by atoms with van der Waals surface area (Å²) in [7, 11) is 0. The molecule has 7 heteroatoms. The van der Waals surface area contributed by atoms with Crippen molar-refractivity contribution in [2.45, 2.75) is 18.9 Å². The Hall–Kier alpha value is -0.980. The number of aliphatic hydroxyl groups excluding tert-OH is 1. The molecular formula is C10H13ClF3NO2. The number of phenolic OH excluding ortho intramolecular Hbond substituents is 1. The molecule has 1 rings (SSSR count). The highest BCUT2D eigenvalue weighted by Gasteiger charge is 2.39. The molecule has 0 aromatic heterocycles. The molecule has 17 heavy (non-hydrogen) atoms. The smallest absolute Gasteiger partial charge is 0.289 e. The normalized spacial score (nSPS) is 13.1. The van der Waals surface area contributed by atoms with Crippen LogP contribution in [-0.4, -0.2) is 22.7 Å². The molecule has 0 aliphatic heterocycles. The van der Waals surface area contributed by atoms with Crippen molar-refractivity contribution in [1.29, 1.82) is 0 Å². The number of rotatable bonds is 3. The maximum Gasteiger partial charge on any atom is 0.289 e. The molecule has 1 aromatic rings. The summed E-state index contributed by atoms with van der Waals surface area (Å²) in [6.07, 6.45) is 0. The van der Waals surface area contributed by atoms with E-state index in [0.717, 1.165) is 12.1 Å². The van der Waals surface area contributed by atoms with E-state index in [9.17, 15) is 18.3 Å². The predicted molar refractivity (Wildman–Crippen MR) is 59.0 cm³/mol. The van der Waals surface area contributed by atoms with E-state index in [-0.39, 0.29) is 12.4 Å². The first-order chi connectivity index (χ1) is 7.29. The van der Waals surface area contributed by atoms with Gasteiger partial charge < -0.3 is 15.9 Å². The van der Waals surface area contributed by atoms with E-state index in [1.807, 2.05) is 0 Å². The largest absolute Gasteiger partial charge is 0.505 e. The van der Waals surface area contributed by atoms with Crippen LogP contribution in [0.4, 0.5) is 13.2 Å². The number of alkyl halides is 2. The Morgan fingerprint density at radius 1 is 1.41 bits per heavy atom. The number of hydrogen-bond acceptors (Lipinski definition) is 3. The first-order valence-corrected chi connectivity index (χ1v) is 4.53. The standard InChI is InChI=1S/C10H12F3NO2.ClH/c1-5-2-6(8(16)7(11)3-5)9(14)10(12,13)4-15;/h2-3,9,15-16H,4,14H2,1H3;1H/t9-;/m0./s1. The first-order valence-electron chi connectivity index (χ1n) is 4.53. The number of halogens is 4. The molecule has 0 heterocycles. The summed E-state index contributed by atoms with van der Waals surface area (Å²) in [6.45, 7) is 0.0129. The lowest BCUT2D eigenvalue weighted by Crippen LogP contribution is -2.36. The van der Waals surface area contributed by atoms with E-state index in [4.69, 9.17) is 10.8 Å². The summed E-state index contributed by atoms with van der Waals surface area (Å²) in [5.74, 6) is -5.54. The molecule has 0 radical (unpaired) electrons. The molecule has 0 unspecified atom stereocenters. The minimum Gasteiger partial charge on any atom is -0.505 e. The van der Waals surface area contributed by atoms with E-state index >= 15 is 0 Å². The van der Waals surface area contributed by atoms with Crippen LogP contribution in [0, 0.1) is 12.7 Å². The van der Waals surface area contributed by atoms with Gasteiger partial charge in [0.15, 0.2) is 11.6 Å². The Balaban J connectivity index is 0.00000256. The van der Waals surface area contributed by atoms with Gasteiger partial charge in [0.1, 0.15) is 12.6 Å². The van der Waals surface area contributed by atoms with Gasteiger partial charge in [-0.3, -0.25) is 0 Å². The fourth-order valence-corrected chi connectivity index (χ4v) is 1.32. The highest BCUT2D eigenvalue weighted by molar-refractivity contribution is 5.85. The lowest BCUT2D eigenvalue weighted by atomic mass is 9.98. The zero-order chi connectivity index (χ0) is 12.5. The fraction of sp³-hybridized carbons (Fsp3) is 0.400. The topological polar surface area (TPSA) is 66.5 Å². The number of aryl methyl sites for hydroxylation is 1. The van der Waals surface area contributed by atoms with Gasteiger partial charge in [0.25, 0.3) is 5.92 Å². The Labute approximate surface area is 102 Å². The monoisotopic (exact) mass is 271 g/mol. The van der Waals surface area contributed by atoms with Crippen molar-refractivity contribution in [3.8, 4) is 5.75 Å². The summed E-state index contributed by atoms with van der Waals surface area (Å²) in [4.78, 5) is 0. The second-order valence-corrected chi connectivity index (χ2v) is 3.58. The van der Waals surface area contributed by atoms with Crippen LogP contribution < -0.4 is 5.73 Å². The van der Waals surface area contributed by atoms with E-state index in [1.54, 1.807) is 0 Å². The van der Waals surface area contributed by atoms with Gasteiger partial charge in [-0.1, -0.05) is 6.07 Å². The first kappa shape index (κ1) is 16.0. The van der Waals surface area contributed by atoms with E-state index < -0.39 is 35.7 Å². The molecule has 1 aromatic carbocycles. The van der Waals surface area contributed by atoms with Gasteiger partial charge in [0.05, 0.1) is 0 Å². The van der Waals surface area contributed by atoms with Crippen molar-refractivity contribution in [3.63, 3.8) is 0 Å². The molecule has 4 N–H and O–H groups in total. The molecule has 0 bridgehead atoms. The number of nitrogens with two attached hydrogens (primary N) is 1. The highest BCUT2D eigenvalue weighted by Crippen LogP contribution is 2.35. The third kappa shape index (κ3) is 3.24. The van der Waals surface area contributed by atoms with Crippen molar-refractivity contribution in [2.75, 3.05) is 6.61 Å². The van der Waals surface area contributed by atoms with Crippen LogP contribution in [0.3, 0.4) is 0 Å². The number of aromatic hydroxyl groups is 1. The van der Waals surface area contributed by atoms with Crippen LogP contribution in [0.5, 0.6) is 5.75 Å². The number of benzene rings is 1. The van der Waals surface area contributed by atoms with Gasteiger partial charge in [-0.15, -0.1) is 12.4 Å². The fourth-order valence-electron chi connectivity index (χ4n) is 1.32. The molecule has 0 aliphatic rings. The minimum absolute atomic E-state index is 0. The Morgan fingerprint density at radius 3 is 2.41 bits per heavy atom. The van der Waals surface area contributed by atoms with Crippen LogP contribution in [0.25, 0.3) is 0 Å². The molecule has 0 spiro atoms. The average molecular weight is 272 g/mol. The molecule has 1 atom stereocenters. The number of phenols is 1. The Bertz CT molecular complexity index is 401. The van der Waals surface area contributed by atoms with Gasteiger partial charge in [-0.05, 0) is 18.6 Å².